The smallest absolute Gasteiger partial charge is 0.302 e. The van der Waals surface area contributed by atoms with Crippen molar-refractivity contribution in [2.75, 3.05) is 17.2 Å². The minimum Gasteiger partial charge on any atom is -0.392 e. The van der Waals surface area contributed by atoms with E-state index in [-0.39, 0.29) is 31.3 Å². The molecule has 1 saturated heterocycles. The average Bonchev–Trinajstić information content (AvgIpc) is 2.67. The molecule has 20 heavy (non-hydrogen) atoms. The first kappa shape index (κ1) is 15.3. The lowest BCUT2D eigenvalue weighted by Crippen LogP contribution is -2.27. The Labute approximate surface area is 124 Å². The molecule has 1 fully saturated rings. The van der Waals surface area contributed by atoms with Crippen LogP contribution in [0.15, 0.2) is 16.7 Å². The zero-order valence-electron chi connectivity index (χ0n) is 10.3. The molecule has 0 bridgehead atoms. The molecule has 0 saturated carbocycles. The van der Waals surface area contributed by atoms with Gasteiger partial charge in [0.05, 0.1) is 12.4 Å². The Kier molecular flexibility index (Phi) is 4.40. The van der Waals surface area contributed by atoms with Crippen molar-refractivity contribution in [3.05, 3.63) is 22.3 Å². The van der Waals surface area contributed by atoms with Crippen molar-refractivity contribution in [3.8, 4) is 0 Å². The number of anilines is 1. The quantitative estimate of drug-likeness (QED) is 0.802. The number of pyridine rings is 1. The van der Waals surface area contributed by atoms with Gasteiger partial charge in [-0.2, -0.15) is 8.42 Å². The summed E-state index contributed by atoms with van der Waals surface area (Å²) in [4.78, 5) is 17.3. The van der Waals surface area contributed by atoms with E-state index in [9.17, 15) is 22.2 Å². The zero-order chi connectivity index (χ0) is 14.9. The van der Waals surface area contributed by atoms with E-state index < -0.39 is 21.9 Å². The lowest BCUT2D eigenvalue weighted by Gasteiger charge is -2.18. The van der Waals surface area contributed by atoms with Crippen LogP contribution in [-0.2, 0) is 21.6 Å². The summed E-state index contributed by atoms with van der Waals surface area (Å²) in [7, 11) is -4.62. The molecule has 110 valence electrons. The monoisotopic (exact) mass is 366 g/mol. The molecule has 2 heterocycles. The molecule has 1 N–H and O–H groups in total. The van der Waals surface area contributed by atoms with Crippen LogP contribution in [0.2, 0.25) is 0 Å². The third-order valence-electron chi connectivity index (χ3n) is 2.98. The molecule has 1 amide bonds. The first-order chi connectivity index (χ1) is 9.30. The predicted octanol–water partition coefficient (Wildman–Crippen LogP) is 0.989. The molecular formula is C11H12BrFN2O4S. The van der Waals surface area contributed by atoms with Crippen LogP contribution in [0.3, 0.4) is 0 Å². The number of halogens is 2. The number of hydrogen-bond acceptors (Lipinski definition) is 5. The third-order valence-corrected chi connectivity index (χ3v) is 4.28. The summed E-state index contributed by atoms with van der Waals surface area (Å²) >= 11 is 3.21. The van der Waals surface area contributed by atoms with Gasteiger partial charge in [-0.05, 0) is 22.0 Å². The van der Waals surface area contributed by atoms with Gasteiger partial charge in [-0.1, -0.05) is 0 Å². The average molecular weight is 367 g/mol. The number of carbonyl (C=O) groups excluding carboxylic acids is 1. The van der Waals surface area contributed by atoms with Gasteiger partial charge < -0.3 is 5.11 Å². The Morgan fingerprint density at radius 2 is 2.25 bits per heavy atom. The SMILES string of the molecule is O=C1CC(CS(=O)(=O)F)CN1c1ncc(Br)cc1CO. The lowest BCUT2D eigenvalue weighted by atomic mass is 10.1. The van der Waals surface area contributed by atoms with Crippen molar-refractivity contribution >= 4 is 37.9 Å². The predicted molar refractivity (Wildman–Crippen MR) is 73.2 cm³/mol. The number of nitrogens with zero attached hydrogens (tertiary/aromatic N) is 2. The van der Waals surface area contributed by atoms with Crippen molar-refractivity contribution in [3.63, 3.8) is 0 Å². The highest BCUT2D eigenvalue weighted by Crippen LogP contribution is 2.28. The summed E-state index contributed by atoms with van der Waals surface area (Å²) in [6.45, 7) is -0.235. The second-order valence-electron chi connectivity index (χ2n) is 4.57. The van der Waals surface area contributed by atoms with Crippen LogP contribution in [0.25, 0.3) is 0 Å². The fourth-order valence-electron chi connectivity index (χ4n) is 2.21. The van der Waals surface area contributed by atoms with Crippen LogP contribution in [-0.4, -0.2) is 36.7 Å². The highest BCUT2D eigenvalue weighted by molar-refractivity contribution is 9.10. The van der Waals surface area contributed by atoms with Crippen molar-refractivity contribution in [1.29, 1.82) is 0 Å². The summed E-state index contributed by atoms with van der Waals surface area (Å²) in [6, 6.07) is 1.62. The third kappa shape index (κ3) is 3.53. The molecule has 1 aromatic rings. The standard InChI is InChI=1S/C11H12BrFN2O4S/c12-9-2-8(5-16)11(14-3-9)15-4-7(1-10(15)17)6-20(13,18)19/h2-3,7,16H,1,4-6H2. The van der Waals surface area contributed by atoms with Crippen LogP contribution >= 0.6 is 15.9 Å². The van der Waals surface area contributed by atoms with E-state index >= 15 is 0 Å². The van der Waals surface area contributed by atoms with Gasteiger partial charge in [-0.25, -0.2) is 4.98 Å². The number of aliphatic hydroxyl groups is 1. The minimum absolute atomic E-state index is 0.0498. The maximum Gasteiger partial charge on any atom is 0.302 e. The van der Waals surface area contributed by atoms with E-state index in [2.05, 4.69) is 20.9 Å². The summed E-state index contributed by atoms with van der Waals surface area (Å²) in [5.74, 6) is -1.34. The summed E-state index contributed by atoms with van der Waals surface area (Å²) < 4.78 is 34.6. The number of aromatic nitrogens is 1. The van der Waals surface area contributed by atoms with Gasteiger partial charge >= 0.3 is 10.2 Å². The number of amides is 1. The van der Waals surface area contributed by atoms with Gasteiger partial charge in [-0.15, -0.1) is 3.89 Å². The van der Waals surface area contributed by atoms with E-state index in [4.69, 9.17) is 0 Å². The van der Waals surface area contributed by atoms with Gasteiger partial charge in [0, 0.05) is 35.1 Å². The number of hydrogen-bond donors (Lipinski definition) is 1. The Morgan fingerprint density at radius 3 is 2.85 bits per heavy atom. The van der Waals surface area contributed by atoms with Crippen LogP contribution in [0.5, 0.6) is 0 Å². The molecule has 1 aliphatic rings. The molecule has 0 aromatic carbocycles. The van der Waals surface area contributed by atoms with E-state index in [1.165, 1.54) is 11.1 Å². The molecule has 2 rings (SSSR count). The Hall–Kier alpha value is -1.06. The van der Waals surface area contributed by atoms with Crippen LogP contribution in [0.4, 0.5) is 9.70 Å². The molecule has 1 aliphatic heterocycles. The molecule has 9 heteroatoms. The second kappa shape index (κ2) is 5.74. The first-order valence-corrected chi connectivity index (χ1v) is 8.12. The second-order valence-corrected chi connectivity index (χ2v) is 6.90. The fraction of sp³-hybridized carbons (Fsp3) is 0.455. The van der Waals surface area contributed by atoms with Crippen molar-refractivity contribution < 1.29 is 22.2 Å². The molecule has 1 atom stereocenters. The van der Waals surface area contributed by atoms with Gasteiger partial charge in [0.15, 0.2) is 0 Å². The first-order valence-electron chi connectivity index (χ1n) is 5.78. The Morgan fingerprint density at radius 1 is 1.55 bits per heavy atom. The van der Waals surface area contributed by atoms with Crippen LogP contribution in [0, 0.1) is 5.92 Å². The summed E-state index contributed by atoms with van der Waals surface area (Å²) in [5.41, 5.74) is 0.441. The van der Waals surface area contributed by atoms with Gasteiger partial charge in [-0.3, -0.25) is 9.69 Å². The molecule has 0 spiro atoms. The zero-order valence-corrected chi connectivity index (χ0v) is 12.7. The maximum atomic E-state index is 12.7. The van der Waals surface area contributed by atoms with Crippen LogP contribution < -0.4 is 4.90 Å². The Bertz CT molecular complexity index is 637. The molecule has 6 nitrogen and oxygen atoms in total. The van der Waals surface area contributed by atoms with E-state index in [1.807, 2.05) is 0 Å². The molecule has 1 aromatic heterocycles. The van der Waals surface area contributed by atoms with E-state index in [0.29, 0.717) is 10.0 Å². The highest BCUT2D eigenvalue weighted by Gasteiger charge is 2.35. The highest BCUT2D eigenvalue weighted by atomic mass is 79.9. The Balaban J connectivity index is 2.24. The lowest BCUT2D eigenvalue weighted by molar-refractivity contribution is -0.117. The minimum atomic E-state index is -4.62. The number of aliphatic hydroxyl groups excluding tert-OH is 1. The normalized spacial score (nSPS) is 19.6. The van der Waals surface area contributed by atoms with Crippen molar-refractivity contribution in [2.24, 2.45) is 5.92 Å². The maximum absolute atomic E-state index is 12.7. The number of carbonyl (C=O) groups is 1. The van der Waals surface area contributed by atoms with Crippen molar-refractivity contribution in [2.45, 2.75) is 13.0 Å². The summed E-state index contributed by atoms with van der Waals surface area (Å²) in [6.07, 6.45) is 1.42. The molecule has 1 unspecified atom stereocenters. The molecule has 0 aliphatic carbocycles. The fourth-order valence-corrected chi connectivity index (χ4v) is 3.38. The topological polar surface area (TPSA) is 87.6 Å². The largest absolute Gasteiger partial charge is 0.392 e. The van der Waals surface area contributed by atoms with Gasteiger partial charge in [0.1, 0.15) is 5.82 Å². The number of rotatable bonds is 4. The van der Waals surface area contributed by atoms with Crippen molar-refractivity contribution in [1.82, 2.24) is 4.98 Å². The molecular weight excluding hydrogens is 355 g/mol. The van der Waals surface area contributed by atoms with E-state index in [0.717, 1.165) is 0 Å². The molecule has 0 radical (unpaired) electrons. The van der Waals surface area contributed by atoms with E-state index in [1.54, 1.807) is 6.07 Å². The van der Waals surface area contributed by atoms with Gasteiger partial charge in [0.25, 0.3) is 0 Å². The van der Waals surface area contributed by atoms with Crippen LogP contribution in [0.1, 0.15) is 12.0 Å². The van der Waals surface area contributed by atoms with Gasteiger partial charge in [0.2, 0.25) is 5.91 Å². The summed E-state index contributed by atoms with van der Waals surface area (Å²) in [5, 5.41) is 9.29.